The van der Waals surface area contributed by atoms with Crippen molar-refractivity contribution in [2.45, 2.75) is 58.9 Å². The molecule has 0 bridgehead atoms. The van der Waals surface area contributed by atoms with Gasteiger partial charge in [0.2, 0.25) is 0 Å². The van der Waals surface area contributed by atoms with Crippen molar-refractivity contribution in [1.29, 1.82) is 0 Å². The molecule has 8 rings (SSSR count). The van der Waals surface area contributed by atoms with Crippen LogP contribution in [0.25, 0.3) is 43.1 Å². The van der Waals surface area contributed by atoms with E-state index in [1.54, 1.807) is 14.2 Å². The summed E-state index contributed by atoms with van der Waals surface area (Å²) in [5, 5.41) is 0. The fourth-order valence-electron chi connectivity index (χ4n) is 8.15. The van der Waals surface area contributed by atoms with E-state index in [4.69, 9.17) is 9.47 Å². The lowest BCUT2D eigenvalue weighted by Gasteiger charge is -2.40. The molecule has 0 saturated heterocycles. The molecular formula is C57H56N2O2S. The van der Waals surface area contributed by atoms with E-state index in [1.165, 1.54) is 48.7 Å². The Hall–Kier alpha value is -6.56. The third-order valence-corrected chi connectivity index (χ3v) is 13.2. The first kappa shape index (κ1) is 42.1. The van der Waals surface area contributed by atoms with Crippen LogP contribution in [0.3, 0.4) is 0 Å². The van der Waals surface area contributed by atoms with Crippen molar-refractivity contribution in [1.82, 2.24) is 0 Å². The summed E-state index contributed by atoms with van der Waals surface area (Å²) in [5.41, 5.74) is 14.0. The van der Waals surface area contributed by atoms with E-state index in [9.17, 15) is 0 Å². The van der Waals surface area contributed by atoms with Gasteiger partial charge in [-0.15, -0.1) is 11.3 Å². The second kappa shape index (κ2) is 17.8. The van der Waals surface area contributed by atoms with Gasteiger partial charge >= 0.3 is 0 Å². The number of benzene rings is 7. The average Bonchev–Trinajstić information content (AvgIpc) is 3.71. The Morgan fingerprint density at radius 3 is 1.16 bits per heavy atom. The van der Waals surface area contributed by atoms with Gasteiger partial charge in [-0.05, 0) is 138 Å². The van der Waals surface area contributed by atoms with Crippen LogP contribution < -0.4 is 19.3 Å². The van der Waals surface area contributed by atoms with Crippen LogP contribution >= 0.6 is 11.3 Å². The van der Waals surface area contributed by atoms with Gasteiger partial charge in [-0.2, -0.15) is 0 Å². The maximum atomic E-state index is 5.58. The first-order valence-corrected chi connectivity index (χ1v) is 22.3. The van der Waals surface area contributed by atoms with Crippen LogP contribution in [0.15, 0.2) is 182 Å². The Kier molecular flexibility index (Phi) is 12.1. The molecule has 1 aromatic heterocycles. The molecule has 0 aliphatic heterocycles. The van der Waals surface area contributed by atoms with Crippen molar-refractivity contribution in [3.8, 4) is 54.6 Å². The molecule has 4 nitrogen and oxygen atoms in total. The van der Waals surface area contributed by atoms with Gasteiger partial charge in [0.15, 0.2) is 0 Å². The molecule has 0 spiro atoms. The third kappa shape index (κ3) is 8.64. The lowest BCUT2D eigenvalue weighted by Crippen LogP contribution is -2.40. The molecule has 0 amide bonds. The lowest BCUT2D eigenvalue weighted by atomic mass is 9.86. The molecule has 0 N–H and O–H groups in total. The van der Waals surface area contributed by atoms with Gasteiger partial charge in [0.25, 0.3) is 0 Å². The first-order valence-electron chi connectivity index (χ1n) is 21.5. The fourth-order valence-corrected chi connectivity index (χ4v) is 9.50. The normalized spacial score (nSPS) is 11.6. The zero-order valence-corrected chi connectivity index (χ0v) is 38.0. The van der Waals surface area contributed by atoms with E-state index in [2.05, 4.69) is 209 Å². The highest BCUT2D eigenvalue weighted by atomic mass is 32.1. The molecular weight excluding hydrogens is 777 g/mol. The van der Waals surface area contributed by atoms with Crippen LogP contribution in [0.4, 0.5) is 28.4 Å². The van der Waals surface area contributed by atoms with Gasteiger partial charge in [-0.3, -0.25) is 0 Å². The molecule has 0 fully saturated rings. The molecule has 0 aliphatic rings. The Morgan fingerprint density at radius 1 is 0.419 bits per heavy atom. The zero-order chi connectivity index (χ0) is 43.4. The van der Waals surface area contributed by atoms with E-state index < -0.39 is 0 Å². The van der Waals surface area contributed by atoms with Gasteiger partial charge in [-0.1, -0.05) is 125 Å². The van der Waals surface area contributed by atoms with E-state index in [1.807, 2.05) is 35.6 Å². The average molecular weight is 833 g/mol. The number of hydrogen-bond acceptors (Lipinski definition) is 5. The van der Waals surface area contributed by atoms with Gasteiger partial charge in [0, 0.05) is 54.9 Å². The summed E-state index contributed by atoms with van der Waals surface area (Å²) < 4.78 is 11.1. The van der Waals surface area contributed by atoms with Crippen LogP contribution in [0, 0.1) is 0 Å². The van der Waals surface area contributed by atoms with E-state index in [0.29, 0.717) is 0 Å². The van der Waals surface area contributed by atoms with Crippen LogP contribution in [-0.4, -0.2) is 19.8 Å². The van der Waals surface area contributed by atoms with Crippen LogP contribution in [0.2, 0.25) is 0 Å². The summed E-state index contributed by atoms with van der Waals surface area (Å²) in [4.78, 5) is 7.25. The highest BCUT2D eigenvalue weighted by molar-refractivity contribution is 7.20. The van der Waals surface area contributed by atoms with Crippen molar-refractivity contribution in [2.24, 2.45) is 0 Å². The Balaban J connectivity index is 1.24. The first-order chi connectivity index (χ1) is 30.0. The molecule has 0 atom stereocenters. The summed E-state index contributed by atoms with van der Waals surface area (Å²) in [7, 11) is 3.42. The molecule has 1 heterocycles. The number of nitrogens with zero attached hydrogens (tertiary/aromatic N) is 2. The predicted octanol–water partition coefficient (Wildman–Crippen LogP) is 16.5. The topological polar surface area (TPSA) is 24.9 Å². The molecule has 0 saturated carbocycles. The van der Waals surface area contributed by atoms with Crippen LogP contribution in [0.5, 0.6) is 11.5 Å². The van der Waals surface area contributed by atoms with Crippen molar-refractivity contribution < 1.29 is 9.47 Å². The molecule has 312 valence electrons. The monoisotopic (exact) mass is 832 g/mol. The summed E-state index contributed by atoms with van der Waals surface area (Å²) in [6.07, 6.45) is 0.971. The minimum atomic E-state index is -0.127. The van der Waals surface area contributed by atoms with Crippen LogP contribution in [0.1, 0.15) is 53.5 Å². The fraction of sp³-hybridized carbons (Fsp3) is 0.193. The third-order valence-electron chi connectivity index (χ3n) is 11.9. The minimum Gasteiger partial charge on any atom is -0.497 e. The standard InChI is InChI=1S/C57H56N2O2S/c1-9-57(5,6)59(49-34-38-51(61-8)39-35-49)48-30-28-46(29-31-48)58(47-32-36-50(60-7)37-33-47)45-26-22-43(23-27-45)55-53(41-18-14-11-15-19-41)52(40-16-12-10-13-17-40)54(62-55)42-20-24-44(25-21-42)56(2,3)4/h10-39H,9H2,1-8H3. The maximum absolute atomic E-state index is 5.58. The molecule has 0 unspecified atom stereocenters. The van der Waals surface area contributed by atoms with Gasteiger partial charge in [-0.25, -0.2) is 0 Å². The van der Waals surface area contributed by atoms with Crippen molar-refractivity contribution in [2.75, 3.05) is 24.0 Å². The molecule has 0 radical (unpaired) electrons. The molecule has 0 aliphatic carbocycles. The number of ether oxygens (including phenoxy) is 2. The number of rotatable bonds is 13. The molecule has 7 aromatic carbocycles. The summed E-state index contributed by atoms with van der Waals surface area (Å²) in [6, 6.07) is 65.6. The van der Waals surface area contributed by atoms with Crippen LogP contribution in [-0.2, 0) is 5.41 Å². The molecule has 62 heavy (non-hydrogen) atoms. The number of thiophene rings is 1. The smallest absolute Gasteiger partial charge is 0.119 e. The predicted molar refractivity (Wildman–Crippen MR) is 266 cm³/mol. The maximum Gasteiger partial charge on any atom is 0.119 e. The Bertz CT molecular complexity index is 2700. The van der Waals surface area contributed by atoms with Gasteiger partial charge < -0.3 is 19.3 Å². The van der Waals surface area contributed by atoms with E-state index in [-0.39, 0.29) is 11.0 Å². The van der Waals surface area contributed by atoms with E-state index in [0.717, 1.165) is 46.4 Å². The Morgan fingerprint density at radius 2 is 0.774 bits per heavy atom. The molecule has 8 aromatic rings. The highest BCUT2D eigenvalue weighted by Crippen LogP contribution is 2.52. The largest absolute Gasteiger partial charge is 0.497 e. The van der Waals surface area contributed by atoms with Crippen molar-refractivity contribution >= 4 is 39.8 Å². The minimum absolute atomic E-state index is 0.0731. The Labute approximate surface area is 372 Å². The summed E-state index contributed by atoms with van der Waals surface area (Å²) in [6.45, 7) is 13.6. The number of hydrogen-bond donors (Lipinski definition) is 0. The zero-order valence-electron chi connectivity index (χ0n) is 37.1. The second-order valence-electron chi connectivity index (χ2n) is 17.4. The van der Waals surface area contributed by atoms with E-state index >= 15 is 0 Å². The van der Waals surface area contributed by atoms with Crippen molar-refractivity contribution in [3.05, 3.63) is 188 Å². The van der Waals surface area contributed by atoms with Crippen molar-refractivity contribution in [3.63, 3.8) is 0 Å². The molecule has 5 heteroatoms. The number of methoxy groups -OCH3 is 2. The van der Waals surface area contributed by atoms with Gasteiger partial charge in [0.05, 0.1) is 14.2 Å². The summed E-state index contributed by atoms with van der Waals surface area (Å²) in [5.74, 6) is 1.67. The number of anilines is 5. The summed E-state index contributed by atoms with van der Waals surface area (Å²) >= 11 is 1.88. The SMILES string of the molecule is CCC(C)(C)N(c1ccc(OC)cc1)c1ccc(N(c2ccc(OC)cc2)c2ccc(-c3sc(-c4ccc(C(C)(C)C)cc4)c(-c4ccccc4)c3-c3ccccc3)cc2)cc1. The highest BCUT2D eigenvalue weighted by Gasteiger charge is 2.28. The quantitative estimate of drug-likeness (QED) is 0.116. The van der Waals surface area contributed by atoms with Gasteiger partial charge in [0.1, 0.15) is 11.5 Å². The lowest BCUT2D eigenvalue weighted by molar-refractivity contribution is 0.414. The second-order valence-corrected chi connectivity index (χ2v) is 18.4.